The maximum absolute atomic E-state index is 13.1. The van der Waals surface area contributed by atoms with Gasteiger partial charge in [-0.05, 0) is 37.8 Å². The van der Waals surface area contributed by atoms with E-state index in [4.69, 9.17) is 9.47 Å². The zero-order valence-electron chi connectivity index (χ0n) is 15.9. The lowest BCUT2D eigenvalue weighted by molar-refractivity contribution is -0.0904. The number of fused-ring (bicyclic) bond motifs is 2. The summed E-state index contributed by atoms with van der Waals surface area (Å²) in [6, 6.07) is 6.07. The van der Waals surface area contributed by atoms with Crippen LogP contribution in [-0.2, 0) is 33.8 Å². The van der Waals surface area contributed by atoms with Gasteiger partial charge in [-0.1, -0.05) is 12.1 Å². The average Bonchev–Trinajstić information content (AvgIpc) is 3.01. The largest absolute Gasteiger partial charge is 0.496 e. The Kier molecular flexibility index (Phi) is 4.52. The molecule has 0 N–H and O–H groups in total. The van der Waals surface area contributed by atoms with E-state index in [1.54, 1.807) is 31.6 Å². The van der Waals surface area contributed by atoms with Crippen LogP contribution in [0.3, 0.4) is 0 Å². The number of sulfonamides is 1. The van der Waals surface area contributed by atoms with Gasteiger partial charge in [-0.3, -0.25) is 4.68 Å². The number of hydrogen-bond acceptors (Lipinski definition) is 5. The fourth-order valence-corrected chi connectivity index (χ4v) is 6.16. The molecule has 0 amide bonds. The van der Waals surface area contributed by atoms with Crippen LogP contribution in [0.25, 0.3) is 0 Å². The van der Waals surface area contributed by atoms with E-state index in [1.807, 2.05) is 12.1 Å². The summed E-state index contributed by atoms with van der Waals surface area (Å²) in [6.45, 7) is 3.24. The van der Waals surface area contributed by atoms with Gasteiger partial charge in [0.05, 0.1) is 25.5 Å². The SMILES string of the molecule is COc1cccc2c1C1(CCN(S(=O)(=O)c3c(C)cnn3C)CC1)OCC2. The van der Waals surface area contributed by atoms with Crippen molar-refractivity contribution in [3.8, 4) is 5.75 Å². The molecule has 7 nitrogen and oxygen atoms in total. The molecule has 3 heterocycles. The number of hydrogen-bond donors (Lipinski definition) is 0. The first-order chi connectivity index (χ1) is 12.9. The van der Waals surface area contributed by atoms with Crippen LogP contribution in [0.1, 0.15) is 29.5 Å². The van der Waals surface area contributed by atoms with E-state index in [-0.39, 0.29) is 5.03 Å². The lowest BCUT2D eigenvalue weighted by Gasteiger charge is -2.45. The molecule has 1 aromatic heterocycles. The highest BCUT2D eigenvalue weighted by molar-refractivity contribution is 7.89. The molecule has 0 saturated carbocycles. The van der Waals surface area contributed by atoms with Crippen LogP contribution in [0, 0.1) is 6.92 Å². The first kappa shape index (κ1) is 18.5. The van der Waals surface area contributed by atoms with Crippen molar-refractivity contribution in [2.45, 2.75) is 36.8 Å². The van der Waals surface area contributed by atoms with E-state index >= 15 is 0 Å². The summed E-state index contributed by atoms with van der Waals surface area (Å²) in [4.78, 5) is 0. The molecule has 2 aliphatic heterocycles. The molecule has 1 fully saturated rings. The molecule has 1 aromatic carbocycles. The Morgan fingerprint density at radius 1 is 1.26 bits per heavy atom. The highest BCUT2D eigenvalue weighted by Crippen LogP contribution is 2.46. The van der Waals surface area contributed by atoms with Gasteiger partial charge >= 0.3 is 0 Å². The highest BCUT2D eigenvalue weighted by atomic mass is 32.2. The van der Waals surface area contributed by atoms with Crippen molar-refractivity contribution < 1.29 is 17.9 Å². The monoisotopic (exact) mass is 391 g/mol. The van der Waals surface area contributed by atoms with Gasteiger partial charge in [0.1, 0.15) is 5.75 Å². The van der Waals surface area contributed by atoms with Crippen LogP contribution in [0.5, 0.6) is 5.75 Å². The van der Waals surface area contributed by atoms with E-state index in [9.17, 15) is 8.42 Å². The summed E-state index contributed by atoms with van der Waals surface area (Å²) in [6.07, 6.45) is 3.65. The van der Waals surface area contributed by atoms with E-state index in [0.717, 1.165) is 17.7 Å². The van der Waals surface area contributed by atoms with Gasteiger partial charge in [0, 0.05) is 31.3 Å². The van der Waals surface area contributed by atoms with Gasteiger partial charge in [0.25, 0.3) is 10.0 Å². The van der Waals surface area contributed by atoms with Crippen molar-refractivity contribution >= 4 is 10.0 Å². The van der Waals surface area contributed by atoms with E-state index in [0.29, 0.717) is 38.1 Å². The van der Waals surface area contributed by atoms with Crippen molar-refractivity contribution in [1.82, 2.24) is 14.1 Å². The van der Waals surface area contributed by atoms with E-state index in [2.05, 4.69) is 11.2 Å². The summed E-state index contributed by atoms with van der Waals surface area (Å²) >= 11 is 0. The maximum Gasteiger partial charge on any atom is 0.260 e. The minimum Gasteiger partial charge on any atom is -0.496 e. The zero-order chi connectivity index (χ0) is 19.2. The Morgan fingerprint density at radius 3 is 2.63 bits per heavy atom. The fraction of sp³-hybridized carbons (Fsp3) is 0.526. The molecule has 0 radical (unpaired) electrons. The Hall–Kier alpha value is -1.90. The van der Waals surface area contributed by atoms with Crippen LogP contribution in [0.15, 0.2) is 29.4 Å². The molecular weight excluding hydrogens is 366 g/mol. The summed E-state index contributed by atoms with van der Waals surface area (Å²) in [7, 11) is -0.249. The van der Waals surface area contributed by atoms with Gasteiger partial charge in [0.2, 0.25) is 0 Å². The predicted octanol–water partition coefficient (Wildman–Crippen LogP) is 1.99. The van der Waals surface area contributed by atoms with Crippen molar-refractivity contribution in [1.29, 1.82) is 0 Å². The number of piperidine rings is 1. The summed E-state index contributed by atoms with van der Waals surface area (Å²) in [5, 5.41) is 4.35. The molecule has 2 aromatic rings. The van der Waals surface area contributed by atoms with Gasteiger partial charge in [-0.2, -0.15) is 9.40 Å². The molecule has 1 saturated heterocycles. The van der Waals surface area contributed by atoms with Crippen LogP contribution in [0.4, 0.5) is 0 Å². The molecular formula is C19H25N3O4S. The van der Waals surface area contributed by atoms with Crippen LogP contribution >= 0.6 is 0 Å². The molecule has 27 heavy (non-hydrogen) atoms. The molecule has 8 heteroatoms. The number of ether oxygens (including phenoxy) is 2. The van der Waals surface area contributed by atoms with Gasteiger partial charge < -0.3 is 9.47 Å². The third-order valence-corrected chi connectivity index (χ3v) is 7.83. The highest BCUT2D eigenvalue weighted by Gasteiger charge is 2.45. The standard InChI is InChI=1S/C19H25N3O4S/c1-14-13-20-21(2)18(14)27(23,24)22-10-8-19(9-11-22)17-15(7-12-26-19)5-4-6-16(17)25-3/h4-6,13H,7-12H2,1-3H3. The predicted molar refractivity (Wildman–Crippen MR) is 100 cm³/mol. The minimum atomic E-state index is -3.58. The molecule has 1 spiro atoms. The van der Waals surface area contributed by atoms with Crippen LogP contribution < -0.4 is 4.74 Å². The number of benzene rings is 1. The number of aromatic nitrogens is 2. The van der Waals surface area contributed by atoms with Crippen molar-refractivity contribution in [3.05, 3.63) is 41.1 Å². The van der Waals surface area contributed by atoms with Crippen molar-refractivity contribution in [2.75, 3.05) is 26.8 Å². The average molecular weight is 391 g/mol. The normalized spacial score (nSPS) is 19.8. The maximum atomic E-state index is 13.1. The molecule has 4 rings (SSSR count). The smallest absolute Gasteiger partial charge is 0.260 e. The number of nitrogens with zero attached hydrogens (tertiary/aromatic N) is 3. The van der Waals surface area contributed by atoms with E-state index in [1.165, 1.54) is 10.2 Å². The third kappa shape index (κ3) is 2.86. The number of aryl methyl sites for hydroxylation is 2. The molecule has 0 aliphatic carbocycles. The third-order valence-electron chi connectivity index (χ3n) is 5.71. The number of methoxy groups -OCH3 is 1. The van der Waals surface area contributed by atoms with Crippen LogP contribution in [0.2, 0.25) is 0 Å². The summed E-state index contributed by atoms with van der Waals surface area (Å²) < 4.78 is 41.1. The summed E-state index contributed by atoms with van der Waals surface area (Å²) in [5.74, 6) is 0.825. The van der Waals surface area contributed by atoms with E-state index < -0.39 is 15.6 Å². The first-order valence-electron chi connectivity index (χ1n) is 9.18. The second-order valence-corrected chi connectivity index (χ2v) is 9.10. The lowest BCUT2D eigenvalue weighted by atomic mass is 9.79. The Morgan fingerprint density at radius 2 is 2.00 bits per heavy atom. The van der Waals surface area contributed by atoms with Gasteiger partial charge in [0.15, 0.2) is 5.03 Å². The second-order valence-electron chi connectivity index (χ2n) is 7.25. The minimum absolute atomic E-state index is 0.265. The summed E-state index contributed by atoms with van der Waals surface area (Å²) in [5.41, 5.74) is 2.51. The van der Waals surface area contributed by atoms with Gasteiger partial charge in [-0.15, -0.1) is 0 Å². The quantitative estimate of drug-likeness (QED) is 0.800. The van der Waals surface area contributed by atoms with Crippen molar-refractivity contribution in [3.63, 3.8) is 0 Å². The molecule has 0 unspecified atom stereocenters. The topological polar surface area (TPSA) is 73.7 Å². The Bertz CT molecular complexity index is 926. The Balaban J connectivity index is 1.64. The second kappa shape index (κ2) is 6.61. The number of rotatable bonds is 3. The molecule has 146 valence electrons. The first-order valence-corrected chi connectivity index (χ1v) is 10.6. The lowest BCUT2D eigenvalue weighted by Crippen LogP contribution is -2.48. The Labute approximate surface area is 159 Å². The van der Waals surface area contributed by atoms with Gasteiger partial charge in [-0.25, -0.2) is 8.42 Å². The molecule has 0 atom stereocenters. The fourth-order valence-electron chi connectivity index (χ4n) is 4.41. The molecule has 2 aliphatic rings. The molecule has 0 bridgehead atoms. The van der Waals surface area contributed by atoms with Crippen LogP contribution in [-0.4, -0.2) is 49.3 Å². The zero-order valence-corrected chi connectivity index (χ0v) is 16.8. The van der Waals surface area contributed by atoms with Crippen molar-refractivity contribution in [2.24, 2.45) is 7.05 Å².